The molecule has 0 atom stereocenters. The number of hydrogen-bond acceptors (Lipinski definition) is 3. The fourth-order valence-electron chi connectivity index (χ4n) is 2.28. The molecule has 1 radical (unpaired) electrons. The summed E-state index contributed by atoms with van der Waals surface area (Å²) in [5, 5.41) is 16.4. The van der Waals surface area contributed by atoms with E-state index in [1.807, 2.05) is 42.9 Å². The topological polar surface area (TPSA) is 62.6 Å². The van der Waals surface area contributed by atoms with Gasteiger partial charge in [-0.3, -0.25) is 9.19 Å². The van der Waals surface area contributed by atoms with Crippen LogP contribution in [0.1, 0.15) is 34.2 Å². The van der Waals surface area contributed by atoms with Crippen molar-refractivity contribution >= 4 is 7.55 Å². The van der Waals surface area contributed by atoms with Crippen molar-refractivity contribution in [3.05, 3.63) is 78.7 Å². The molecule has 0 saturated heterocycles. The summed E-state index contributed by atoms with van der Waals surface area (Å²) in [4.78, 5) is 0. The van der Waals surface area contributed by atoms with Crippen LogP contribution in [0.4, 0.5) is 0 Å². The molecule has 8 heteroatoms. The van der Waals surface area contributed by atoms with Gasteiger partial charge >= 0.3 is 7.55 Å². The van der Waals surface area contributed by atoms with Gasteiger partial charge in [0.1, 0.15) is 0 Å². The van der Waals surface area contributed by atoms with E-state index in [1.165, 1.54) is 11.4 Å². The van der Waals surface area contributed by atoms with E-state index in [4.69, 9.17) is 0 Å². The fraction of sp³-hybridized carbons (Fsp3) is 0.316. The largest absolute Gasteiger partial charge is 0.579 e. The molecule has 149 valence electrons. The molecule has 3 aromatic heterocycles. The van der Waals surface area contributed by atoms with Crippen molar-refractivity contribution in [2.75, 3.05) is 0 Å². The molecular formula is C19H30BIrN6-. The summed E-state index contributed by atoms with van der Waals surface area (Å²) in [5.74, 6) is 0. The van der Waals surface area contributed by atoms with Gasteiger partial charge in [-0.25, -0.2) is 0 Å². The number of aromatic nitrogens is 6. The molecule has 0 fully saturated rings. The molecule has 0 saturated carbocycles. The zero-order valence-electron chi connectivity index (χ0n) is 17.3. The Morgan fingerprint density at radius 2 is 1.15 bits per heavy atom. The maximum Gasteiger partial charge on any atom is 0.402 e. The summed E-state index contributed by atoms with van der Waals surface area (Å²) in [7, 11) is 0.694. The minimum atomic E-state index is 0. The Morgan fingerprint density at radius 3 is 1.33 bits per heavy atom. The minimum Gasteiger partial charge on any atom is -0.579 e. The second-order valence-electron chi connectivity index (χ2n) is 5.62. The van der Waals surface area contributed by atoms with Crippen LogP contribution in [0.15, 0.2) is 44.5 Å². The van der Waals surface area contributed by atoms with Gasteiger partial charge in [0.2, 0.25) is 0 Å². The Bertz CT molecular complexity index is 727. The molecule has 0 aliphatic carbocycles. The third kappa shape index (κ3) is 9.36. The Labute approximate surface area is 177 Å². The van der Waals surface area contributed by atoms with Gasteiger partial charge in [0.25, 0.3) is 0 Å². The van der Waals surface area contributed by atoms with Crippen molar-refractivity contribution in [1.82, 2.24) is 29.6 Å². The van der Waals surface area contributed by atoms with Crippen LogP contribution >= 0.6 is 0 Å². The monoisotopic (exact) mass is 546 g/mol. The van der Waals surface area contributed by atoms with E-state index in [-0.39, 0.29) is 20.1 Å². The van der Waals surface area contributed by atoms with Crippen molar-refractivity contribution in [1.29, 1.82) is 0 Å². The van der Waals surface area contributed by atoms with Gasteiger partial charge in [-0.05, 0) is 46.8 Å². The molecule has 3 aromatic rings. The first-order valence-electron chi connectivity index (χ1n) is 8.31. The molecule has 0 aliphatic rings. The van der Waals surface area contributed by atoms with Crippen LogP contribution in [0.3, 0.4) is 0 Å². The number of hydrogen-bond donors (Lipinski definition) is 0. The van der Waals surface area contributed by atoms with Crippen molar-refractivity contribution in [2.45, 2.75) is 41.5 Å². The van der Waals surface area contributed by atoms with Gasteiger partial charge in [0, 0.05) is 37.2 Å². The molecule has 6 nitrogen and oxygen atoms in total. The summed E-state index contributed by atoms with van der Waals surface area (Å²) in [6, 6.07) is 6.09. The van der Waals surface area contributed by atoms with Crippen LogP contribution in [0.2, 0.25) is 0 Å². The van der Waals surface area contributed by atoms with Gasteiger partial charge in [-0.15, -0.1) is 32.0 Å². The molecule has 3 heterocycles. The van der Waals surface area contributed by atoms with Gasteiger partial charge in [0.15, 0.2) is 0 Å². The number of nitrogens with zero attached hydrogens (tertiary/aromatic N) is 6. The Balaban J connectivity index is 0. The first-order chi connectivity index (χ1) is 12.3. The second-order valence-corrected chi connectivity index (χ2v) is 5.62. The van der Waals surface area contributed by atoms with Gasteiger partial charge < -0.3 is 10.2 Å². The molecule has 3 rings (SSSR count). The van der Waals surface area contributed by atoms with Crippen LogP contribution in [0.25, 0.3) is 0 Å². The van der Waals surface area contributed by atoms with Crippen molar-refractivity contribution in [3.63, 3.8) is 0 Å². The molecule has 0 bridgehead atoms. The van der Waals surface area contributed by atoms with Gasteiger partial charge in [0.05, 0.1) is 11.4 Å². The SMILES string of the molecule is C=C.C=C.Cc1cc(C)[n-]n1.Cc1cc(C)n(Bn2nc(C)cc2C)n1.[Ir]. The quantitative estimate of drug-likeness (QED) is 0.367. The van der Waals surface area contributed by atoms with Gasteiger partial charge in [-0.1, -0.05) is 13.0 Å². The van der Waals surface area contributed by atoms with Crippen LogP contribution in [0, 0.1) is 41.5 Å². The van der Waals surface area contributed by atoms with Gasteiger partial charge in [-0.2, -0.15) is 10.2 Å². The third-order valence-corrected chi connectivity index (χ3v) is 3.26. The molecule has 0 N–H and O–H groups in total. The molecular weight excluding hydrogens is 515 g/mol. The Morgan fingerprint density at radius 1 is 0.741 bits per heavy atom. The zero-order valence-corrected chi connectivity index (χ0v) is 19.7. The van der Waals surface area contributed by atoms with Crippen LogP contribution in [0.5, 0.6) is 0 Å². The van der Waals surface area contributed by atoms with Crippen molar-refractivity contribution in [2.24, 2.45) is 0 Å². The average Bonchev–Trinajstić information content (AvgIpc) is 3.24. The van der Waals surface area contributed by atoms with Crippen LogP contribution < -0.4 is 5.10 Å². The van der Waals surface area contributed by atoms with E-state index >= 15 is 0 Å². The van der Waals surface area contributed by atoms with E-state index in [9.17, 15) is 0 Å². The summed E-state index contributed by atoms with van der Waals surface area (Å²) < 4.78 is 3.93. The van der Waals surface area contributed by atoms with Crippen molar-refractivity contribution < 1.29 is 20.1 Å². The van der Waals surface area contributed by atoms with E-state index in [0.29, 0.717) is 7.55 Å². The van der Waals surface area contributed by atoms with E-state index in [0.717, 1.165) is 22.8 Å². The number of rotatable bonds is 2. The maximum absolute atomic E-state index is 4.41. The summed E-state index contributed by atoms with van der Waals surface area (Å²) in [5.41, 5.74) is 6.43. The zero-order chi connectivity index (χ0) is 20.3. The van der Waals surface area contributed by atoms with E-state index in [1.54, 1.807) is 0 Å². The van der Waals surface area contributed by atoms with E-state index < -0.39 is 0 Å². The third-order valence-electron chi connectivity index (χ3n) is 3.26. The molecule has 0 aromatic carbocycles. The molecule has 0 spiro atoms. The standard InChI is InChI=1S/C10H15BN4.C5H7N2.2C2H4.Ir/c1-7-5-9(3)14(12-7)11-15-10(4)6-8(2)13-15;1-4-3-5(2)7-6-4;2*1-2;/h5-6,11H,1-4H3;3H,1-2H3;2*1-2H2;/q;-1;;;. The Kier molecular flexibility index (Phi) is 14.0. The second kappa shape index (κ2) is 14.0. The van der Waals surface area contributed by atoms with Crippen LogP contribution in [-0.2, 0) is 20.1 Å². The number of aryl methyl sites for hydroxylation is 6. The predicted molar refractivity (Wildman–Crippen MR) is 111 cm³/mol. The molecule has 0 unspecified atom stereocenters. The molecule has 0 amide bonds. The summed E-state index contributed by atoms with van der Waals surface area (Å²) >= 11 is 0. The average molecular weight is 546 g/mol. The molecule has 27 heavy (non-hydrogen) atoms. The summed E-state index contributed by atoms with van der Waals surface area (Å²) in [6.07, 6.45) is 0. The predicted octanol–water partition coefficient (Wildman–Crippen LogP) is 3.23. The van der Waals surface area contributed by atoms with E-state index in [2.05, 4.69) is 72.7 Å². The first-order valence-corrected chi connectivity index (χ1v) is 8.31. The smallest absolute Gasteiger partial charge is 0.402 e. The first kappa shape index (κ1) is 27.0. The minimum absolute atomic E-state index is 0. The fourth-order valence-corrected chi connectivity index (χ4v) is 2.28. The maximum atomic E-state index is 4.41. The Hall–Kier alpha value is -2.18. The van der Waals surface area contributed by atoms with Crippen molar-refractivity contribution in [3.8, 4) is 0 Å². The molecule has 0 aliphatic heterocycles. The normalized spacial score (nSPS) is 8.67. The van der Waals surface area contributed by atoms with Crippen LogP contribution in [-0.4, -0.2) is 32.0 Å². The summed E-state index contributed by atoms with van der Waals surface area (Å²) in [6.45, 7) is 24.0.